The van der Waals surface area contributed by atoms with Gasteiger partial charge in [0.05, 0.1) is 5.56 Å². The molecule has 0 unspecified atom stereocenters. The van der Waals surface area contributed by atoms with Gasteiger partial charge in [0.15, 0.2) is 0 Å². The average molecular weight is 510 g/mol. The zero-order valence-corrected chi connectivity index (χ0v) is 19.9. The minimum atomic E-state index is -4.89. The van der Waals surface area contributed by atoms with E-state index in [0.29, 0.717) is 41.6 Å². The predicted molar refractivity (Wildman–Crippen MR) is 132 cm³/mol. The number of benzene rings is 2. The average Bonchev–Trinajstić information content (AvgIpc) is 2.89. The van der Waals surface area contributed by atoms with Gasteiger partial charge in [-0.3, -0.25) is 4.79 Å². The molecular weight excluding hydrogens is 488 g/mol. The first-order valence-corrected chi connectivity index (χ1v) is 11.3. The van der Waals surface area contributed by atoms with Crippen LogP contribution in [0.2, 0.25) is 0 Å². The highest BCUT2D eigenvalue weighted by atomic mass is 19.4. The maximum Gasteiger partial charge on any atom is 0.419 e. The molecule has 0 aliphatic heterocycles. The Hall–Kier alpha value is -4.47. The molecule has 2 N–H and O–H groups in total. The fraction of sp³-hybridized carbons (Fsp3) is 0.148. The lowest BCUT2D eigenvalue weighted by molar-refractivity contribution is -0.139. The number of amides is 1. The Balaban J connectivity index is 1.64. The molecule has 0 fully saturated rings. The monoisotopic (exact) mass is 510 g/mol. The van der Waals surface area contributed by atoms with Gasteiger partial charge in [-0.2, -0.15) is 13.2 Å². The van der Waals surface area contributed by atoms with E-state index in [1.54, 1.807) is 31.6 Å². The molecule has 0 saturated heterocycles. The van der Waals surface area contributed by atoms with Crippen molar-refractivity contribution in [2.75, 3.05) is 17.7 Å². The van der Waals surface area contributed by atoms with Crippen molar-refractivity contribution < 1.29 is 27.1 Å². The number of pyridine rings is 2. The Morgan fingerprint density at radius 3 is 2.54 bits per heavy atom. The fourth-order valence-corrected chi connectivity index (χ4v) is 3.64. The van der Waals surface area contributed by atoms with Crippen LogP contribution < -0.4 is 15.4 Å². The molecule has 190 valence electrons. The molecular formula is C27H22F4N4O2. The van der Waals surface area contributed by atoms with Gasteiger partial charge in [-0.15, -0.1) is 0 Å². The van der Waals surface area contributed by atoms with E-state index >= 15 is 0 Å². The van der Waals surface area contributed by atoms with Crippen molar-refractivity contribution in [3.63, 3.8) is 0 Å². The maximum atomic E-state index is 13.6. The molecule has 0 aliphatic carbocycles. The van der Waals surface area contributed by atoms with E-state index in [0.717, 1.165) is 17.2 Å². The van der Waals surface area contributed by atoms with Crippen molar-refractivity contribution >= 4 is 17.4 Å². The minimum absolute atomic E-state index is 0.143. The third-order valence-corrected chi connectivity index (χ3v) is 5.54. The highest BCUT2D eigenvalue weighted by Crippen LogP contribution is 2.35. The zero-order valence-electron chi connectivity index (χ0n) is 19.9. The van der Waals surface area contributed by atoms with Crippen molar-refractivity contribution in [1.82, 2.24) is 9.97 Å². The lowest BCUT2D eigenvalue weighted by Gasteiger charge is -2.15. The second-order valence-electron chi connectivity index (χ2n) is 7.96. The van der Waals surface area contributed by atoms with Gasteiger partial charge in [0, 0.05) is 36.3 Å². The number of halogens is 4. The van der Waals surface area contributed by atoms with Crippen LogP contribution in [0.15, 0.2) is 73.1 Å². The molecule has 4 rings (SSSR count). The third kappa shape index (κ3) is 5.85. The van der Waals surface area contributed by atoms with E-state index in [-0.39, 0.29) is 11.3 Å². The number of rotatable bonds is 7. The Morgan fingerprint density at radius 2 is 1.81 bits per heavy atom. The molecule has 10 heteroatoms. The Kier molecular flexibility index (Phi) is 7.37. The van der Waals surface area contributed by atoms with Gasteiger partial charge in [0.2, 0.25) is 5.88 Å². The Labute approximate surface area is 210 Å². The highest BCUT2D eigenvalue weighted by molar-refractivity contribution is 6.04. The number of ether oxygens (including phenoxy) is 1. The summed E-state index contributed by atoms with van der Waals surface area (Å²) in [6.45, 7) is 1.92. The zero-order chi connectivity index (χ0) is 26.6. The normalized spacial score (nSPS) is 11.2. The van der Waals surface area contributed by atoms with Crippen molar-refractivity contribution in [3.05, 3.63) is 95.6 Å². The molecule has 0 radical (unpaired) electrons. The summed E-state index contributed by atoms with van der Waals surface area (Å²) in [7, 11) is 1.76. The minimum Gasteiger partial charge on any atom is -0.438 e. The fourth-order valence-electron chi connectivity index (χ4n) is 3.64. The second-order valence-corrected chi connectivity index (χ2v) is 7.96. The molecule has 37 heavy (non-hydrogen) atoms. The van der Waals surface area contributed by atoms with Crippen LogP contribution in [0.1, 0.15) is 28.4 Å². The first-order valence-electron chi connectivity index (χ1n) is 11.3. The number of alkyl halides is 3. The predicted octanol–water partition coefficient (Wildman–Crippen LogP) is 6.95. The van der Waals surface area contributed by atoms with Gasteiger partial charge < -0.3 is 15.4 Å². The first-order chi connectivity index (χ1) is 17.7. The second kappa shape index (κ2) is 10.7. The van der Waals surface area contributed by atoms with E-state index in [9.17, 15) is 22.4 Å². The SMILES string of the molecule is CCc1ccc(C(=O)Nc2ccc(F)c(C(F)(F)F)c2)cc1Oc1ncccc1-c1ccnc(NC)c1. The summed E-state index contributed by atoms with van der Waals surface area (Å²) in [5.74, 6) is -0.767. The van der Waals surface area contributed by atoms with E-state index in [2.05, 4.69) is 20.6 Å². The number of aromatic nitrogens is 2. The largest absolute Gasteiger partial charge is 0.438 e. The topological polar surface area (TPSA) is 76.1 Å². The molecule has 0 spiro atoms. The quantitative estimate of drug-likeness (QED) is 0.263. The van der Waals surface area contributed by atoms with Crippen LogP contribution in [-0.4, -0.2) is 22.9 Å². The molecule has 0 saturated carbocycles. The standard InChI is InChI=1S/C27H22F4N4O2/c1-3-16-6-7-18(25(36)35-19-8-9-22(28)21(15-19)27(29,30)31)13-23(16)37-26-20(5-4-11-34-26)17-10-12-33-24(14-17)32-2/h4-15H,3H2,1-2H3,(H,32,33)(H,35,36). The molecule has 4 aromatic rings. The van der Waals surface area contributed by atoms with Crippen LogP contribution in [0.5, 0.6) is 11.6 Å². The molecule has 2 aromatic heterocycles. The summed E-state index contributed by atoms with van der Waals surface area (Å²) < 4.78 is 58.9. The van der Waals surface area contributed by atoms with Crippen LogP contribution in [0.4, 0.5) is 29.1 Å². The third-order valence-electron chi connectivity index (χ3n) is 5.54. The van der Waals surface area contributed by atoms with Crippen LogP contribution >= 0.6 is 0 Å². The summed E-state index contributed by atoms with van der Waals surface area (Å²) in [6, 6.07) is 14.3. The summed E-state index contributed by atoms with van der Waals surface area (Å²) in [5, 5.41) is 5.36. The van der Waals surface area contributed by atoms with Crippen molar-refractivity contribution in [1.29, 1.82) is 0 Å². The van der Waals surface area contributed by atoms with Gasteiger partial charge in [0.25, 0.3) is 5.91 Å². The Bertz CT molecular complexity index is 1440. The van der Waals surface area contributed by atoms with Crippen LogP contribution in [-0.2, 0) is 12.6 Å². The summed E-state index contributed by atoms with van der Waals surface area (Å²) in [5.41, 5.74) is 0.793. The number of nitrogens with zero attached hydrogens (tertiary/aromatic N) is 2. The molecule has 0 aliphatic rings. The maximum absolute atomic E-state index is 13.6. The molecule has 0 atom stereocenters. The number of carbonyl (C=O) groups is 1. The van der Waals surface area contributed by atoms with Crippen molar-refractivity contribution in [3.8, 4) is 22.8 Å². The lowest BCUT2D eigenvalue weighted by atomic mass is 10.1. The van der Waals surface area contributed by atoms with Gasteiger partial charge in [-0.05, 0) is 72.1 Å². The van der Waals surface area contributed by atoms with E-state index in [1.165, 1.54) is 12.1 Å². The number of hydrogen-bond donors (Lipinski definition) is 2. The number of nitrogens with one attached hydrogen (secondary N) is 2. The number of anilines is 2. The summed E-state index contributed by atoms with van der Waals surface area (Å²) in [6.07, 6.45) is -1.07. The van der Waals surface area contributed by atoms with E-state index in [4.69, 9.17) is 4.74 Å². The lowest BCUT2D eigenvalue weighted by Crippen LogP contribution is -2.14. The van der Waals surface area contributed by atoms with Crippen molar-refractivity contribution in [2.45, 2.75) is 19.5 Å². The number of aryl methyl sites for hydroxylation is 1. The molecule has 2 aromatic carbocycles. The van der Waals surface area contributed by atoms with Crippen LogP contribution in [0, 0.1) is 5.82 Å². The van der Waals surface area contributed by atoms with Crippen molar-refractivity contribution in [2.24, 2.45) is 0 Å². The molecule has 1 amide bonds. The van der Waals surface area contributed by atoms with E-state index < -0.39 is 23.5 Å². The molecule has 6 nitrogen and oxygen atoms in total. The summed E-state index contributed by atoms with van der Waals surface area (Å²) in [4.78, 5) is 21.4. The number of carbonyl (C=O) groups excluding carboxylic acids is 1. The summed E-state index contributed by atoms with van der Waals surface area (Å²) >= 11 is 0. The van der Waals surface area contributed by atoms with Crippen LogP contribution in [0.3, 0.4) is 0 Å². The first kappa shape index (κ1) is 25.6. The van der Waals surface area contributed by atoms with Gasteiger partial charge in [-0.25, -0.2) is 14.4 Å². The highest BCUT2D eigenvalue weighted by Gasteiger charge is 2.34. The molecule has 0 bridgehead atoms. The van der Waals surface area contributed by atoms with Gasteiger partial charge in [0.1, 0.15) is 17.4 Å². The molecule has 2 heterocycles. The van der Waals surface area contributed by atoms with E-state index in [1.807, 2.05) is 25.1 Å². The van der Waals surface area contributed by atoms with Crippen LogP contribution in [0.25, 0.3) is 11.1 Å². The number of hydrogen-bond acceptors (Lipinski definition) is 5. The van der Waals surface area contributed by atoms with Gasteiger partial charge in [-0.1, -0.05) is 13.0 Å². The van der Waals surface area contributed by atoms with Gasteiger partial charge >= 0.3 is 6.18 Å². The Morgan fingerprint density at radius 1 is 1.00 bits per heavy atom. The smallest absolute Gasteiger partial charge is 0.419 e.